The summed E-state index contributed by atoms with van der Waals surface area (Å²) in [6, 6.07) is 17.2. The minimum atomic E-state index is -0.291. The Hall–Kier alpha value is -2.17. The fourth-order valence-corrected chi connectivity index (χ4v) is 2.90. The summed E-state index contributed by atoms with van der Waals surface area (Å²) in [4.78, 5) is 23.9. The normalized spacial score (nSPS) is 13.0. The molecule has 2 aromatic carbocycles. The van der Waals surface area contributed by atoms with Gasteiger partial charge in [0.05, 0.1) is 19.6 Å². The quantitative estimate of drug-likeness (QED) is 0.385. The van der Waals surface area contributed by atoms with Crippen LogP contribution in [0.1, 0.15) is 18.9 Å². The topological polar surface area (TPSA) is 43.4 Å². The summed E-state index contributed by atoms with van der Waals surface area (Å²) in [6.07, 6.45) is 1.82. The number of halogens is 1. The van der Waals surface area contributed by atoms with Crippen molar-refractivity contribution in [2.45, 2.75) is 19.8 Å². The molecule has 0 aliphatic rings. The van der Waals surface area contributed by atoms with Crippen LogP contribution >= 0.6 is 11.6 Å². The zero-order valence-electron chi connectivity index (χ0n) is 14.4. The number of quaternary nitrogens is 1. The molecule has 0 heterocycles. The zero-order valence-corrected chi connectivity index (χ0v) is 15.1. The third-order valence-corrected chi connectivity index (χ3v) is 4.46. The standard InChI is InChI=1S/C20H23ClNO3/c1-2-25-20(24)13-15-22(16-23,19-10-8-18(21)9-11-19)14-12-17-6-4-3-5-7-17/h3-11,16H,2,12-15H2,1H3/q+1. The van der Waals surface area contributed by atoms with E-state index in [-0.39, 0.29) is 16.9 Å². The highest BCUT2D eigenvalue weighted by Crippen LogP contribution is 2.25. The molecule has 1 amide bonds. The van der Waals surface area contributed by atoms with Crippen LogP contribution in [0.3, 0.4) is 0 Å². The minimum Gasteiger partial charge on any atom is -0.466 e. The van der Waals surface area contributed by atoms with Crippen molar-refractivity contribution < 1.29 is 14.3 Å². The van der Waals surface area contributed by atoms with E-state index in [2.05, 4.69) is 0 Å². The van der Waals surface area contributed by atoms with Crippen LogP contribution in [0.25, 0.3) is 0 Å². The summed E-state index contributed by atoms with van der Waals surface area (Å²) in [7, 11) is 0. The van der Waals surface area contributed by atoms with Crippen LogP contribution in [0.2, 0.25) is 5.02 Å². The predicted molar refractivity (Wildman–Crippen MR) is 100 cm³/mol. The Morgan fingerprint density at radius 1 is 1.08 bits per heavy atom. The Morgan fingerprint density at radius 2 is 1.76 bits per heavy atom. The molecule has 0 saturated heterocycles. The van der Waals surface area contributed by atoms with Gasteiger partial charge in [-0.15, -0.1) is 0 Å². The third kappa shape index (κ3) is 5.41. The van der Waals surface area contributed by atoms with Crippen LogP contribution in [-0.2, 0) is 20.7 Å². The van der Waals surface area contributed by atoms with E-state index >= 15 is 0 Å². The molecule has 1 unspecified atom stereocenters. The second kappa shape index (κ2) is 9.35. The van der Waals surface area contributed by atoms with Gasteiger partial charge in [0.15, 0.2) is 0 Å². The largest absolute Gasteiger partial charge is 0.466 e. The Morgan fingerprint density at radius 3 is 2.36 bits per heavy atom. The molecule has 4 nitrogen and oxygen atoms in total. The van der Waals surface area contributed by atoms with Crippen LogP contribution in [-0.4, -0.2) is 32.1 Å². The van der Waals surface area contributed by atoms with Crippen molar-refractivity contribution in [2.75, 3.05) is 19.7 Å². The molecule has 2 rings (SSSR count). The molecule has 2 aromatic rings. The minimum absolute atomic E-state index is 0.0604. The monoisotopic (exact) mass is 360 g/mol. The summed E-state index contributed by atoms with van der Waals surface area (Å²) in [5, 5.41) is 0.612. The van der Waals surface area contributed by atoms with Gasteiger partial charge in [-0.05, 0) is 24.6 Å². The van der Waals surface area contributed by atoms with Gasteiger partial charge in [-0.3, -0.25) is 4.79 Å². The molecule has 25 heavy (non-hydrogen) atoms. The number of esters is 1. The van der Waals surface area contributed by atoms with Gasteiger partial charge in [0.1, 0.15) is 12.2 Å². The molecule has 0 saturated carbocycles. The first-order chi connectivity index (χ1) is 12.1. The fraction of sp³-hybridized carbons (Fsp3) is 0.300. The van der Waals surface area contributed by atoms with Gasteiger partial charge in [0.2, 0.25) is 0 Å². The average Bonchev–Trinajstić information content (AvgIpc) is 2.64. The molecule has 0 bridgehead atoms. The van der Waals surface area contributed by atoms with Crippen molar-refractivity contribution in [3.63, 3.8) is 0 Å². The third-order valence-electron chi connectivity index (χ3n) is 4.21. The molecule has 132 valence electrons. The highest BCUT2D eigenvalue weighted by atomic mass is 35.5. The Bertz CT molecular complexity index is 688. The number of hydrogen-bond donors (Lipinski definition) is 0. The van der Waals surface area contributed by atoms with Gasteiger partial charge in [0, 0.05) is 23.6 Å². The van der Waals surface area contributed by atoms with Crippen LogP contribution in [0.4, 0.5) is 5.69 Å². The molecule has 0 aliphatic heterocycles. The number of carbonyl (C=O) groups excluding carboxylic acids is 2. The van der Waals surface area contributed by atoms with Crippen molar-refractivity contribution in [1.29, 1.82) is 0 Å². The molecule has 1 atom stereocenters. The van der Waals surface area contributed by atoms with Gasteiger partial charge in [-0.1, -0.05) is 41.9 Å². The maximum atomic E-state index is 12.1. The summed E-state index contributed by atoms with van der Waals surface area (Å²) >= 11 is 5.98. The van der Waals surface area contributed by atoms with Gasteiger partial charge in [-0.25, -0.2) is 9.28 Å². The first-order valence-electron chi connectivity index (χ1n) is 8.38. The van der Waals surface area contributed by atoms with E-state index in [9.17, 15) is 9.59 Å². The lowest BCUT2D eigenvalue weighted by atomic mass is 10.1. The number of amides is 1. The van der Waals surface area contributed by atoms with E-state index in [0.717, 1.165) is 24.1 Å². The Kier molecular flexibility index (Phi) is 7.16. The molecule has 0 radical (unpaired) electrons. The second-order valence-electron chi connectivity index (χ2n) is 5.85. The predicted octanol–water partition coefficient (Wildman–Crippen LogP) is 4.00. The molecular weight excluding hydrogens is 338 g/mol. The van der Waals surface area contributed by atoms with E-state index < -0.39 is 0 Å². The number of benzene rings is 2. The highest BCUT2D eigenvalue weighted by Gasteiger charge is 2.31. The maximum absolute atomic E-state index is 12.1. The first kappa shape index (κ1) is 19.2. The average molecular weight is 361 g/mol. The molecule has 0 aliphatic carbocycles. The van der Waals surface area contributed by atoms with Gasteiger partial charge >= 0.3 is 12.4 Å². The molecule has 5 heteroatoms. The second-order valence-corrected chi connectivity index (χ2v) is 6.29. The van der Waals surface area contributed by atoms with E-state index in [0.29, 0.717) is 24.7 Å². The zero-order chi connectivity index (χ0) is 18.1. The van der Waals surface area contributed by atoms with Crippen LogP contribution in [0.5, 0.6) is 0 Å². The number of hydrogen-bond acceptors (Lipinski definition) is 3. The number of ether oxygens (including phenoxy) is 1. The molecule has 0 aromatic heterocycles. The first-order valence-corrected chi connectivity index (χ1v) is 8.76. The van der Waals surface area contributed by atoms with Gasteiger partial charge in [-0.2, -0.15) is 0 Å². The van der Waals surface area contributed by atoms with Gasteiger partial charge < -0.3 is 4.74 Å². The molecular formula is C20H23ClNO3+. The van der Waals surface area contributed by atoms with Crippen molar-refractivity contribution in [3.8, 4) is 0 Å². The van der Waals surface area contributed by atoms with E-state index in [4.69, 9.17) is 16.3 Å². The summed E-state index contributed by atoms with van der Waals surface area (Å²) in [5.74, 6) is -0.291. The van der Waals surface area contributed by atoms with Crippen LogP contribution in [0.15, 0.2) is 54.6 Å². The number of rotatable bonds is 9. The van der Waals surface area contributed by atoms with Crippen LogP contribution < -0.4 is 4.48 Å². The smallest absolute Gasteiger partial charge is 0.311 e. The maximum Gasteiger partial charge on any atom is 0.311 e. The van der Waals surface area contributed by atoms with Gasteiger partial charge in [0.25, 0.3) is 0 Å². The summed E-state index contributed by atoms with van der Waals surface area (Å²) in [6.45, 7) is 3.03. The summed E-state index contributed by atoms with van der Waals surface area (Å²) < 4.78 is 5.07. The van der Waals surface area contributed by atoms with E-state index in [1.165, 1.54) is 0 Å². The molecule has 0 N–H and O–H groups in total. The van der Waals surface area contributed by atoms with E-state index in [1.807, 2.05) is 42.5 Å². The Balaban J connectivity index is 2.22. The lowest BCUT2D eigenvalue weighted by Crippen LogP contribution is -2.50. The SMILES string of the molecule is CCOC(=O)CC[N+](C=O)(CCc1ccccc1)c1ccc(Cl)cc1. The fourth-order valence-electron chi connectivity index (χ4n) is 2.77. The van der Waals surface area contributed by atoms with Crippen molar-refractivity contribution in [2.24, 2.45) is 0 Å². The summed E-state index contributed by atoms with van der Waals surface area (Å²) in [5.41, 5.74) is 1.97. The number of nitrogens with zero attached hydrogens (tertiary/aromatic N) is 1. The molecule has 0 fully saturated rings. The van der Waals surface area contributed by atoms with Crippen molar-refractivity contribution in [1.82, 2.24) is 4.48 Å². The van der Waals surface area contributed by atoms with Crippen molar-refractivity contribution in [3.05, 3.63) is 65.2 Å². The molecule has 0 spiro atoms. The lowest BCUT2D eigenvalue weighted by molar-refractivity contribution is -0.143. The van der Waals surface area contributed by atoms with Crippen molar-refractivity contribution >= 4 is 29.7 Å². The van der Waals surface area contributed by atoms with E-state index in [1.54, 1.807) is 19.1 Å². The lowest BCUT2D eigenvalue weighted by Gasteiger charge is -2.31. The number of carbonyl (C=O) groups is 2. The van der Waals surface area contributed by atoms with Crippen LogP contribution in [0, 0.1) is 0 Å². The Labute approximate surface area is 153 Å². The highest BCUT2D eigenvalue weighted by molar-refractivity contribution is 6.30.